The number of rotatable bonds is 2. The molecule has 22 heavy (non-hydrogen) atoms. The number of alkyl halides is 3. The zero-order valence-corrected chi connectivity index (χ0v) is 12.5. The van der Waals surface area contributed by atoms with Crippen molar-refractivity contribution in [2.75, 3.05) is 6.26 Å². The largest absolute Gasteiger partial charge is 0.416 e. The Kier molecular flexibility index (Phi) is 3.93. The van der Waals surface area contributed by atoms with Crippen LogP contribution in [0.3, 0.4) is 0 Å². The second-order valence-electron chi connectivity index (χ2n) is 4.32. The lowest BCUT2D eigenvalue weighted by Crippen LogP contribution is -2.11. The minimum Gasteiger partial charge on any atom is -0.222 e. The summed E-state index contributed by atoms with van der Waals surface area (Å²) in [4.78, 5) is 0. The first-order valence-corrected chi connectivity index (χ1v) is 7.88. The molecule has 0 bridgehead atoms. The molecule has 0 spiro atoms. The summed E-state index contributed by atoms with van der Waals surface area (Å²) in [6, 6.07) is 4.07. The number of aromatic nitrogens is 2. The van der Waals surface area contributed by atoms with Crippen LogP contribution in [-0.2, 0) is 16.0 Å². The molecule has 0 radical (unpaired) electrons. The molecule has 0 saturated heterocycles. The minimum atomic E-state index is -4.58. The van der Waals surface area contributed by atoms with Gasteiger partial charge in [-0.3, -0.25) is 0 Å². The first-order valence-electron chi connectivity index (χ1n) is 5.61. The highest BCUT2D eigenvalue weighted by Crippen LogP contribution is 2.34. The van der Waals surface area contributed by atoms with E-state index < -0.39 is 26.6 Å². The Hall–Kier alpha value is -2.05. The maximum absolute atomic E-state index is 12.6. The molecular formula is C12H7ClF3N3O2S. The SMILES string of the molecule is CS(=O)(=O)c1c(C#N)cnn1-c1ccc(C(F)(F)F)cc1Cl. The molecule has 0 aliphatic heterocycles. The average molecular weight is 350 g/mol. The monoisotopic (exact) mass is 349 g/mol. The molecule has 5 nitrogen and oxygen atoms in total. The van der Waals surface area contributed by atoms with E-state index in [-0.39, 0.29) is 16.3 Å². The van der Waals surface area contributed by atoms with E-state index in [1.807, 2.05) is 0 Å². The fourth-order valence-electron chi connectivity index (χ4n) is 1.80. The van der Waals surface area contributed by atoms with Crippen molar-refractivity contribution in [2.45, 2.75) is 11.2 Å². The normalized spacial score (nSPS) is 12.2. The molecular weight excluding hydrogens is 343 g/mol. The summed E-state index contributed by atoms with van der Waals surface area (Å²) in [5, 5.41) is 11.9. The van der Waals surface area contributed by atoms with Crippen LogP contribution in [0.1, 0.15) is 11.1 Å². The summed E-state index contributed by atoms with van der Waals surface area (Å²) in [6.45, 7) is 0. The van der Waals surface area contributed by atoms with Crippen LogP contribution in [0, 0.1) is 11.3 Å². The molecule has 0 atom stereocenters. The quantitative estimate of drug-likeness (QED) is 0.835. The van der Waals surface area contributed by atoms with Gasteiger partial charge in [-0.2, -0.15) is 23.5 Å². The van der Waals surface area contributed by atoms with Crippen LogP contribution >= 0.6 is 11.6 Å². The number of benzene rings is 1. The maximum atomic E-state index is 12.6. The van der Waals surface area contributed by atoms with Gasteiger partial charge in [-0.25, -0.2) is 13.1 Å². The number of halogens is 4. The van der Waals surface area contributed by atoms with E-state index >= 15 is 0 Å². The van der Waals surface area contributed by atoms with Crippen molar-refractivity contribution < 1.29 is 21.6 Å². The third-order valence-corrected chi connectivity index (χ3v) is 4.10. The first-order chi connectivity index (χ1) is 10.1. The Morgan fingerprint density at radius 1 is 1.36 bits per heavy atom. The van der Waals surface area contributed by atoms with E-state index in [1.54, 1.807) is 6.07 Å². The molecule has 0 fully saturated rings. The zero-order chi connectivity index (χ0) is 16.7. The lowest BCUT2D eigenvalue weighted by Gasteiger charge is -2.11. The molecule has 0 saturated carbocycles. The summed E-state index contributed by atoms with van der Waals surface area (Å²) in [7, 11) is -3.84. The predicted molar refractivity (Wildman–Crippen MR) is 71.4 cm³/mol. The van der Waals surface area contributed by atoms with E-state index in [1.165, 1.54) is 0 Å². The summed E-state index contributed by atoms with van der Waals surface area (Å²) < 4.78 is 62.2. The second-order valence-corrected chi connectivity index (χ2v) is 6.66. The first kappa shape index (κ1) is 16.3. The van der Waals surface area contributed by atoms with Gasteiger partial charge in [0.15, 0.2) is 14.9 Å². The van der Waals surface area contributed by atoms with Gasteiger partial charge in [0.1, 0.15) is 11.6 Å². The van der Waals surface area contributed by atoms with Crippen LogP contribution in [0.4, 0.5) is 13.2 Å². The summed E-state index contributed by atoms with van der Waals surface area (Å²) in [5.41, 5.74) is -1.27. The van der Waals surface area contributed by atoms with Gasteiger partial charge in [0.05, 0.1) is 22.5 Å². The van der Waals surface area contributed by atoms with Crippen LogP contribution in [0.25, 0.3) is 5.69 Å². The Morgan fingerprint density at radius 3 is 2.45 bits per heavy atom. The van der Waals surface area contributed by atoms with Gasteiger partial charge in [0, 0.05) is 6.26 Å². The standard InChI is InChI=1S/C12H7ClF3N3O2S/c1-22(20,21)11-7(5-17)6-18-19(11)10-3-2-8(4-9(10)13)12(14,15)16/h2-4,6H,1H3. The van der Waals surface area contributed by atoms with Crippen molar-refractivity contribution in [3.8, 4) is 11.8 Å². The molecule has 1 heterocycles. The Morgan fingerprint density at radius 2 is 2.00 bits per heavy atom. The topological polar surface area (TPSA) is 75.8 Å². The van der Waals surface area contributed by atoms with E-state index in [9.17, 15) is 21.6 Å². The van der Waals surface area contributed by atoms with Crippen molar-refractivity contribution in [3.05, 3.63) is 40.5 Å². The molecule has 116 valence electrons. The van der Waals surface area contributed by atoms with Crippen LogP contribution in [0.5, 0.6) is 0 Å². The third kappa shape index (κ3) is 2.93. The maximum Gasteiger partial charge on any atom is 0.416 e. The lowest BCUT2D eigenvalue weighted by atomic mass is 10.2. The summed E-state index contributed by atoms with van der Waals surface area (Å²) in [6.07, 6.45) is -2.71. The van der Waals surface area contributed by atoms with Crippen LogP contribution < -0.4 is 0 Å². The van der Waals surface area contributed by atoms with Crippen LogP contribution in [0.2, 0.25) is 5.02 Å². The highest BCUT2D eigenvalue weighted by molar-refractivity contribution is 7.90. The van der Waals surface area contributed by atoms with E-state index in [0.717, 1.165) is 29.3 Å². The molecule has 1 aromatic carbocycles. The van der Waals surface area contributed by atoms with Crippen LogP contribution in [-0.4, -0.2) is 24.5 Å². The van der Waals surface area contributed by atoms with Gasteiger partial charge in [-0.1, -0.05) is 11.6 Å². The number of nitriles is 1. The van der Waals surface area contributed by atoms with Crippen molar-refractivity contribution in [1.29, 1.82) is 5.26 Å². The smallest absolute Gasteiger partial charge is 0.222 e. The van der Waals surface area contributed by atoms with E-state index in [0.29, 0.717) is 6.07 Å². The fourth-order valence-corrected chi connectivity index (χ4v) is 3.02. The van der Waals surface area contributed by atoms with Crippen molar-refractivity contribution in [1.82, 2.24) is 9.78 Å². The van der Waals surface area contributed by atoms with Gasteiger partial charge in [0.2, 0.25) is 0 Å². The minimum absolute atomic E-state index is 0.0726. The zero-order valence-electron chi connectivity index (χ0n) is 10.9. The van der Waals surface area contributed by atoms with Crippen molar-refractivity contribution in [3.63, 3.8) is 0 Å². The van der Waals surface area contributed by atoms with Gasteiger partial charge in [-0.05, 0) is 18.2 Å². The Labute approximate surface area is 128 Å². The highest BCUT2D eigenvalue weighted by Gasteiger charge is 2.31. The molecule has 2 aromatic rings. The van der Waals surface area contributed by atoms with Crippen molar-refractivity contribution in [2.24, 2.45) is 0 Å². The number of nitrogens with zero attached hydrogens (tertiary/aromatic N) is 3. The Balaban J connectivity index is 2.70. The lowest BCUT2D eigenvalue weighted by molar-refractivity contribution is -0.137. The number of sulfone groups is 1. The molecule has 10 heteroatoms. The number of hydrogen-bond donors (Lipinski definition) is 0. The molecule has 0 N–H and O–H groups in total. The number of hydrogen-bond acceptors (Lipinski definition) is 4. The third-order valence-electron chi connectivity index (χ3n) is 2.70. The van der Waals surface area contributed by atoms with E-state index in [4.69, 9.17) is 16.9 Å². The molecule has 2 rings (SSSR count). The van der Waals surface area contributed by atoms with Crippen LogP contribution in [0.15, 0.2) is 29.4 Å². The molecule has 0 amide bonds. The van der Waals surface area contributed by atoms with Gasteiger partial charge in [-0.15, -0.1) is 0 Å². The van der Waals surface area contributed by atoms with Gasteiger partial charge < -0.3 is 0 Å². The Bertz CT molecular complexity index is 882. The molecule has 0 unspecified atom stereocenters. The second kappa shape index (κ2) is 5.30. The van der Waals surface area contributed by atoms with Gasteiger partial charge in [0.25, 0.3) is 0 Å². The average Bonchev–Trinajstić information content (AvgIpc) is 2.81. The van der Waals surface area contributed by atoms with Crippen molar-refractivity contribution >= 4 is 21.4 Å². The summed E-state index contributed by atoms with van der Waals surface area (Å²) >= 11 is 5.81. The van der Waals surface area contributed by atoms with E-state index in [2.05, 4.69) is 5.10 Å². The van der Waals surface area contributed by atoms with Gasteiger partial charge >= 0.3 is 6.18 Å². The summed E-state index contributed by atoms with van der Waals surface area (Å²) in [5.74, 6) is 0. The fraction of sp³-hybridized carbons (Fsp3) is 0.167. The molecule has 0 aliphatic rings. The molecule has 0 aliphatic carbocycles. The molecule has 1 aromatic heterocycles. The predicted octanol–water partition coefficient (Wildman–Crippen LogP) is 2.82. The highest BCUT2D eigenvalue weighted by atomic mass is 35.5.